The summed E-state index contributed by atoms with van der Waals surface area (Å²) in [6.45, 7) is 1.74. The van der Waals surface area contributed by atoms with Crippen LogP contribution < -0.4 is 5.32 Å². The monoisotopic (exact) mass is 261 g/mol. The Morgan fingerprint density at radius 2 is 1.89 bits per heavy atom. The van der Waals surface area contributed by atoms with Crippen molar-refractivity contribution in [2.75, 3.05) is 6.61 Å². The first kappa shape index (κ1) is 16.9. The average Bonchev–Trinajstić information content (AvgIpc) is 2.28. The molecule has 6 heteroatoms. The number of amides is 1. The fourth-order valence-electron chi connectivity index (χ4n) is 1.59. The number of carbonyl (C=O) groups is 2. The van der Waals surface area contributed by atoms with Gasteiger partial charge in [-0.25, -0.2) is 4.79 Å². The lowest BCUT2D eigenvalue weighted by Gasteiger charge is -2.15. The number of hydrogen-bond acceptors (Lipinski definition) is 4. The van der Waals surface area contributed by atoms with E-state index < -0.39 is 24.0 Å². The molecule has 6 nitrogen and oxygen atoms in total. The second-order valence-corrected chi connectivity index (χ2v) is 4.32. The van der Waals surface area contributed by atoms with Crippen LogP contribution in [0.2, 0.25) is 0 Å². The van der Waals surface area contributed by atoms with E-state index in [1.165, 1.54) is 0 Å². The van der Waals surface area contributed by atoms with Crippen molar-refractivity contribution >= 4 is 11.9 Å². The van der Waals surface area contributed by atoms with Crippen LogP contribution >= 0.6 is 0 Å². The fraction of sp³-hybridized carbons (Fsp3) is 0.833. The number of aliphatic hydroxyl groups is 2. The molecular weight excluding hydrogens is 238 g/mol. The molecule has 1 amide bonds. The molecule has 0 fully saturated rings. The zero-order valence-electron chi connectivity index (χ0n) is 10.8. The average molecular weight is 261 g/mol. The summed E-state index contributed by atoms with van der Waals surface area (Å²) < 4.78 is 0. The Labute approximate surface area is 107 Å². The summed E-state index contributed by atoms with van der Waals surface area (Å²) in [5.74, 6) is -1.68. The van der Waals surface area contributed by atoms with Gasteiger partial charge in [-0.3, -0.25) is 4.79 Å². The van der Waals surface area contributed by atoms with E-state index in [1.807, 2.05) is 6.92 Å². The largest absolute Gasteiger partial charge is 0.480 e. The lowest BCUT2D eigenvalue weighted by molar-refractivity contribution is -0.142. The van der Waals surface area contributed by atoms with E-state index in [0.717, 1.165) is 19.3 Å². The molecule has 2 atom stereocenters. The van der Waals surface area contributed by atoms with Crippen LogP contribution in [0, 0.1) is 0 Å². The van der Waals surface area contributed by atoms with Crippen molar-refractivity contribution < 1.29 is 24.9 Å². The standard InChI is InChI=1S/C12H23NO5/c1-2-3-4-5-9(15)8-11(16)13-10(6-7-14)12(17)18/h9-10,14-15H,2-8H2,1H3,(H,13,16)(H,17,18)/t9?,10-/m0/s1. The summed E-state index contributed by atoms with van der Waals surface area (Å²) in [6, 6.07) is -1.09. The van der Waals surface area contributed by atoms with Crippen LogP contribution in [-0.4, -0.2) is 45.9 Å². The van der Waals surface area contributed by atoms with E-state index in [4.69, 9.17) is 10.2 Å². The smallest absolute Gasteiger partial charge is 0.326 e. The highest BCUT2D eigenvalue weighted by Crippen LogP contribution is 2.06. The van der Waals surface area contributed by atoms with Gasteiger partial charge in [-0.2, -0.15) is 0 Å². The van der Waals surface area contributed by atoms with E-state index >= 15 is 0 Å². The number of aliphatic carboxylic acids is 1. The molecule has 106 valence electrons. The van der Waals surface area contributed by atoms with Gasteiger partial charge in [-0.15, -0.1) is 0 Å². The highest BCUT2D eigenvalue weighted by Gasteiger charge is 2.20. The Morgan fingerprint density at radius 3 is 2.39 bits per heavy atom. The minimum atomic E-state index is -1.18. The molecule has 4 N–H and O–H groups in total. The minimum absolute atomic E-state index is 0.0347. The lowest BCUT2D eigenvalue weighted by atomic mass is 10.1. The third-order valence-electron chi connectivity index (χ3n) is 2.61. The van der Waals surface area contributed by atoms with Crippen molar-refractivity contribution in [2.45, 2.75) is 57.6 Å². The first-order chi connectivity index (χ1) is 8.51. The summed E-state index contributed by atoms with van der Waals surface area (Å²) >= 11 is 0. The molecule has 0 spiro atoms. The highest BCUT2D eigenvalue weighted by atomic mass is 16.4. The zero-order chi connectivity index (χ0) is 14.0. The van der Waals surface area contributed by atoms with Gasteiger partial charge in [0.05, 0.1) is 12.5 Å². The normalized spacial score (nSPS) is 13.9. The van der Waals surface area contributed by atoms with Gasteiger partial charge < -0.3 is 20.6 Å². The molecule has 0 aliphatic rings. The molecule has 0 aromatic rings. The summed E-state index contributed by atoms with van der Waals surface area (Å²) in [6.07, 6.45) is 2.56. The van der Waals surface area contributed by atoms with Crippen LogP contribution in [0.15, 0.2) is 0 Å². The molecular formula is C12H23NO5. The maximum Gasteiger partial charge on any atom is 0.326 e. The topological polar surface area (TPSA) is 107 Å². The second-order valence-electron chi connectivity index (χ2n) is 4.32. The van der Waals surface area contributed by atoms with Gasteiger partial charge in [-0.05, 0) is 6.42 Å². The van der Waals surface area contributed by atoms with Crippen molar-refractivity contribution in [3.8, 4) is 0 Å². The van der Waals surface area contributed by atoms with Gasteiger partial charge in [-0.1, -0.05) is 26.2 Å². The van der Waals surface area contributed by atoms with Crippen LogP contribution in [0.3, 0.4) is 0 Å². The lowest BCUT2D eigenvalue weighted by Crippen LogP contribution is -2.42. The molecule has 1 unspecified atom stereocenters. The van der Waals surface area contributed by atoms with E-state index in [2.05, 4.69) is 5.32 Å². The second kappa shape index (κ2) is 9.85. The van der Waals surface area contributed by atoms with Gasteiger partial charge in [0.15, 0.2) is 0 Å². The summed E-state index contributed by atoms with van der Waals surface area (Å²) in [5.41, 5.74) is 0. The van der Waals surface area contributed by atoms with Crippen LogP contribution in [0.5, 0.6) is 0 Å². The Kier molecular flexibility index (Phi) is 9.22. The molecule has 0 aromatic carbocycles. The van der Waals surface area contributed by atoms with E-state index in [1.54, 1.807) is 0 Å². The van der Waals surface area contributed by atoms with E-state index in [0.29, 0.717) is 6.42 Å². The molecule has 0 bridgehead atoms. The van der Waals surface area contributed by atoms with Crippen LogP contribution in [0.4, 0.5) is 0 Å². The van der Waals surface area contributed by atoms with Crippen LogP contribution in [0.25, 0.3) is 0 Å². The minimum Gasteiger partial charge on any atom is -0.480 e. The predicted molar refractivity (Wildman–Crippen MR) is 66.0 cm³/mol. The number of unbranched alkanes of at least 4 members (excludes halogenated alkanes) is 2. The van der Waals surface area contributed by atoms with Crippen LogP contribution in [0.1, 0.15) is 45.4 Å². The first-order valence-electron chi connectivity index (χ1n) is 6.32. The third kappa shape index (κ3) is 8.03. The molecule has 0 radical (unpaired) electrons. The van der Waals surface area contributed by atoms with Gasteiger partial charge >= 0.3 is 5.97 Å². The maximum absolute atomic E-state index is 11.5. The van der Waals surface area contributed by atoms with Crippen molar-refractivity contribution in [1.29, 1.82) is 0 Å². The number of aliphatic hydroxyl groups excluding tert-OH is 2. The maximum atomic E-state index is 11.5. The Bertz CT molecular complexity index is 257. The number of carbonyl (C=O) groups excluding carboxylic acids is 1. The SMILES string of the molecule is CCCCCC(O)CC(=O)N[C@@H](CCO)C(=O)O. The number of rotatable bonds is 10. The zero-order valence-corrected chi connectivity index (χ0v) is 10.8. The number of carboxylic acids is 1. The van der Waals surface area contributed by atoms with Crippen molar-refractivity contribution in [1.82, 2.24) is 5.32 Å². The molecule has 0 aliphatic carbocycles. The molecule has 0 saturated carbocycles. The number of nitrogens with one attached hydrogen (secondary N) is 1. The molecule has 0 heterocycles. The molecule has 0 aromatic heterocycles. The predicted octanol–water partition coefficient (Wildman–Crippen LogP) is 0.269. The Morgan fingerprint density at radius 1 is 1.22 bits per heavy atom. The number of hydrogen-bond donors (Lipinski definition) is 4. The molecule has 0 rings (SSSR count). The van der Waals surface area contributed by atoms with Gasteiger partial charge in [0.2, 0.25) is 5.91 Å². The molecule has 0 saturated heterocycles. The van der Waals surface area contributed by atoms with E-state index in [9.17, 15) is 14.7 Å². The van der Waals surface area contributed by atoms with Gasteiger partial charge in [0.25, 0.3) is 0 Å². The fourth-order valence-corrected chi connectivity index (χ4v) is 1.59. The summed E-state index contributed by atoms with van der Waals surface area (Å²) in [4.78, 5) is 22.2. The highest BCUT2D eigenvalue weighted by molar-refractivity contribution is 5.83. The van der Waals surface area contributed by atoms with Gasteiger partial charge in [0.1, 0.15) is 6.04 Å². The van der Waals surface area contributed by atoms with Crippen molar-refractivity contribution in [2.24, 2.45) is 0 Å². The Hall–Kier alpha value is -1.14. The molecule has 0 aliphatic heterocycles. The van der Waals surface area contributed by atoms with Crippen LogP contribution in [-0.2, 0) is 9.59 Å². The summed E-state index contributed by atoms with van der Waals surface area (Å²) in [7, 11) is 0. The first-order valence-corrected chi connectivity index (χ1v) is 6.32. The van der Waals surface area contributed by atoms with E-state index in [-0.39, 0.29) is 19.4 Å². The number of carboxylic acid groups (broad SMARTS) is 1. The summed E-state index contributed by atoms with van der Waals surface area (Å²) in [5, 5.41) is 29.3. The Balaban J connectivity index is 3.96. The molecule has 18 heavy (non-hydrogen) atoms. The van der Waals surface area contributed by atoms with Crippen molar-refractivity contribution in [3.63, 3.8) is 0 Å². The van der Waals surface area contributed by atoms with Crippen molar-refractivity contribution in [3.05, 3.63) is 0 Å². The third-order valence-corrected chi connectivity index (χ3v) is 2.61. The van der Waals surface area contributed by atoms with Gasteiger partial charge in [0, 0.05) is 13.0 Å². The quantitative estimate of drug-likeness (QED) is 0.422.